The number of hydrogen-bond acceptors (Lipinski definition) is 3. The number of carbonyl (C=O) groups is 1. The lowest BCUT2D eigenvalue weighted by Gasteiger charge is -2.35. The maximum absolute atomic E-state index is 12.1. The van der Waals surface area contributed by atoms with Crippen molar-refractivity contribution in [2.75, 3.05) is 13.6 Å². The fourth-order valence-corrected chi connectivity index (χ4v) is 3.84. The van der Waals surface area contributed by atoms with Gasteiger partial charge >= 0.3 is 0 Å². The zero-order valence-electron chi connectivity index (χ0n) is 14.0. The molecule has 4 heteroatoms. The van der Waals surface area contributed by atoms with Gasteiger partial charge in [-0.25, -0.2) is 0 Å². The summed E-state index contributed by atoms with van der Waals surface area (Å²) in [6.45, 7) is 4.88. The molecule has 0 spiro atoms. The van der Waals surface area contributed by atoms with Crippen molar-refractivity contribution < 1.29 is 4.79 Å². The van der Waals surface area contributed by atoms with Gasteiger partial charge in [0.1, 0.15) is 0 Å². The Labute approximate surface area is 130 Å². The molecule has 0 radical (unpaired) electrons. The Morgan fingerprint density at radius 3 is 2.57 bits per heavy atom. The van der Waals surface area contributed by atoms with E-state index in [-0.39, 0.29) is 5.91 Å². The molecule has 0 saturated carbocycles. The number of nitrogens with zero attached hydrogens (tertiary/aromatic N) is 1. The predicted octanol–water partition coefficient (Wildman–Crippen LogP) is 2.29. The van der Waals surface area contributed by atoms with Crippen LogP contribution in [0.3, 0.4) is 0 Å². The molecule has 3 unspecified atom stereocenters. The SMILES string of the molecule is CCCCCC(C)NC(=O)CN(C)C1CC2CCC(C1)N2. The molecule has 0 aromatic heterocycles. The average molecular weight is 295 g/mol. The standard InChI is InChI=1S/C17H33N3O/c1-4-5-6-7-13(2)18-17(21)12-20(3)16-10-14-8-9-15(11-16)19-14/h13-16,19H,4-12H2,1-3H3,(H,18,21). The van der Waals surface area contributed by atoms with Crippen molar-refractivity contribution in [3.8, 4) is 0 Å². The van der Waals surface area contributed by atoms with Crippen LogP contribution in [0.5, 0.6) is 0 Å². The predicted molar refractivity (Wildman–Crippen MR) is 87.3 cm³/mol. The quantitative estimate of drug-likeness (QED) is 0.675. The normalized spacial score (nSPS) is 29.6. The highest BCUT2D eigenvalue weighted by atomic mass is 16.2. The van der Waals surface area contributed by atoms with Crippen molar-refractivity contribution in [3.63, 3.8) is 0 Å². The van der Waals surface area contributed by atoms with Gasteiger partial charge in [0.2, 0.25) is 5.91 Å². The van der Waals surface area contributed by atoms with E-state index < -0.39 is 0 Å². The lowest BCUT2D eigenvalue weighted by Crippen LogP contribution is -2.50. The Morgan fingerprint density at radius 1 is 1.29 bits per heavy atom. The van der Waals surface area contributed by atoms with E-state index in [0.29, 0.717) is 30.7 Å². The lowest BCUT2D eigenvalue weighted by atomic mass is 9.98. The number of likely N-dealkylation sites (N-methyl/N-ethyl adjacent to an activating group) is 1. The number of nitrogens with one attached hydrogen (secondary N) is 2. The van der Waals surface area contributed by atoms with Gasteiger partial charge in [0.15, 0.2) is 0 Å². The number of amides is 1. The third-order valence-electron chi connectivity index (χ3n) is 5.11. The zero-order chi connectivity index (χ0) is 15.2. The molecular weight excluding hydrogens is 262 g/mol. The van der Waals surface area contributed by atoms with E-state index in [2.05, 4.69) is 36.4 Å². The number of piperidine rings is 1. The molecule has 4 nitrogen and oxygen atoms in total. The summed E-state index contributed by atoms with van der Waals surface area (Å²) in [7, 11) is 2.11. The van der Waals surface area contributed by atoms with Gasteiger partial charge in [-0.05, 0) is 46.1 Å². The molecule has 2 N–H and O–H groups in total. The van der Waals surface area contributed by atoms with Crippen LogP contribution in [0, 0.1) is 0 Å². The van der Waals surface area contributed by atoms with Gasteiger partial charge in [-0.3, -0.25) is 9.69 Å². The second-order valence-corrected chi connectivity index (χ2v) is 7.14. The average Bonchev–Trinajstić information content (AvgIpc) is 2.77. The van der Waals surface area contributed by atoms with Crippen LogP contribution in [0.25, 0.3) is 0 Å². The first-order valence-electron chi connectivity index (χ1n) is 8.84. The van der Waals surface area contributed by atoms with Crippen LogP contribution in [0.2, 0.25) is 0 Å². The molecule has 3 atom stereocenters. The third kappa shape index (κ3) is 5.26. The number of carbonyl (C=O) groups excluding carboxylic acids is 1. The Kier molecular flexibility index (Phi) is 6.49. The summed E-state index contributed by atoms with van der Waals surface area (Å²) in [5, 5.41) is 6.81. The molecule has 2 bridgehead atoms. The van der Waals surface area contributed by atoms with Crippen molar-refractivity contribution >= 4 is 5.91 Å². The van der Waals surface area contributed by atoms with Gasteiger partial charge in [0.25, 0.3) is 0 Å². The Balaban J connectivity index is 1.67. The third-order valence-corrected chi connectivity index (χ3v) is 5.11. The second-order valence-electron chi connectivity index (χ2n) is 7.14. The smallest absolute Gasteiger partial charge is 0.234 e. The highest BCUT2D eigenvalue weighted by Gasteiger charge is 2.35. The van der Waals surface area contributed by atoms with E-state index in [1.807, 2.05) is 0 Å². The Morgan fingerprint density at radius 2 is 1.95 bits per heavy atom. The topological polar surface area (TPSA) is 44.4 Å². The number of rotatable bonds is 8. The second kappa shape index (κ2) is 8.14. The van der Waals surface area contributed by atoms with Crippen molar-refractivity contribution in [2.45, 2.75) is 89.4 Å². The zero-order valence-corrected chi connectivity index (χ0v) is 14.0. The van der Waals surface area contributed by atoms with Gasteiger partial charge in [0.05, 0.1) is 6.54 Å². The van der Waals surface area contributed by atoms with Gasteiger partial charge in [-0.15, -0.1) is 0 Å². The lowest BCUT2D eigenvalue weighted by molar-refractivity contribution is -0.123. The van der Waals surface area contributed by atoms with E-state index in [0.717, 1.165) is 6.42 Å². The van der Waals surface area contributed by atoms with E-state index in [9.17, 15) is 4.79 Å². The minimum atomic E-state index is 0.187. The number of fused-ring (bicyclic) bond motifs is 2. The Hall–Kier alpha value is -0.610. The van der Waals surface area contributed by atoms with Crippen molar-refractivity contribution in [1.82, 2.24) is 15.5 Å². The fourth-order valence-electron chi connectivity index (χ4n) is 3.84. The molecule has 0 aromatic carbocycles. The number of hydrogen-bond donors (Lipinski definition) is 2. The van der Waals surface area contributed by atoms with E-state index >= 15 is 0 Å². The molecule has 0 aromatic rings. The maximum atomic E-state index is 12.1. The van der Waals surface area contributed by atoms with Crippen LogP contribution in [-0.2, 0) is 4.79 Å². The molecule has 2 fully saturated rings. The molecule has 2 heterocycles. The Bertz CT molecular complexity index is 322. The molecule has 2 aliphatic rings. The molecule has 0 aliphatic carbocycles. The van der Waals surface area contributed by atoms with Crippen LogP contribution in [0.15, 0.2) is 0 Å². The first kappa shape index (κ1) is 16.8. The first-order chi connectivity index (χ1) is 10.1. The molecule has 122 valence electrons. The van der Waals surface area contributed by atoms with E-state index in [4.69, 9.17) is 0 Å². The summed E-state index contributed by atoms with van der Waals surface area (Å²) in [5.41, 5.74) is 0. The van der Waals surface area contributed by atoms with Crippen LogP contribution in [-0.4, -0.2) is 48.6 Å². The molecule has 1 amide bonds. The molecule has 21 heavy (non-hydrogen) atoms. The van der Waals surface area contributed by atoms with E-state index in [1.54, 1.807) is 0 Å². The summed E-state index contributed by atoms with van der Waals surface area (Å²) in [6.07, 6.45) is 9.84. The highest BCUT2D eigenvalue weighted by Crippen LogP contribution is 2.29. The maximum Gasteiger partial charge on any atom is 0.234 e. The van der Waals surface area contributed by atoms with Gasteiger partial charge in [0, 0.05) is 24.2 Å². The summed E-state index contributed by atoms with van der Waals surface area (Å²) >= 11 is 0. The summed E-state index contributed by atoms with van der Waals surface area (Å²) < 4.78 is 0. The van der Waals surface area contributed by atoms with Crippen molar-refractivity contribution in [2.24, 2.45) is 0 Å². The van der Waals surface area contributed by atoms with Crippen LogP contribution >= 0.6 is 0 Å². The van der Waals surface area contributed by atoms with Crippen LogP contribution in [0.4, 0.5) is 0 Å². The largest absolute Gasteiger partial charge is 0.353 e. The van der Waals surface area contributed by atoms with Crippen LogP contribution in [0.1, 0.15) is 65.2 Å². The molecule has 2 rings (SSSR count). The first-order valence-corrected chi connectivity index (χ1v) is 8.84. The summed E-state index contributed by atoms with van der Waals surface area (Å²) in [4.78, 5) is 14.4. The monoisotopic (exact) mass is 295 g/mol. The molecule has 2 saturated heterocycles. The van der Waals surface area contributed by atoms with Crippen molar-refractivity contribution in [3.05, 3.63) is 0 Å². The fraction of sp³-hybridized carbons (Fsp3) is 0.941. The van der Waals surface area contributed by atoms with Crippen molar-refractivity contribution in [1.29, 1.82) is 0 Å². The van der Waals surface area contributed by atoms with Gasteiger partial charge < -0.3 is 10.6 Å². The van der Waals surface area contributed by atoms with Gasteiger partial charge in [-0.2, -0.15) is 0 Å². The summed E-state index contributed by atoms with van der Waals surface area (Å²) in [5.74, 6) is 0.187. The van der Waals surface area contributed by atoms with Crippen LogP contribution < -0.4 is 10.6 Å². The minimum Gasteiger partial charge on any atom is -0.353 e. The molecular formula is C17H33N3O. The highest BCUT2D eigenvalue weighted by molar-refractivity contribution is 5.78. The van der Waals surface area contributed by atoms with E-state index in [1.165, 1.54) is 44.9 Å². The minimum absolute atomic E-state index is 0.187. The number of unbranched alkanes of at least 4 members (excludes halogenated alkanes) is 2. The van der Waals surface area contributed by atoms with Gasteiger partial charge in [-0.1, -0.05) is 26.2 Å². The summed E-state index contributed by atoms with van der Waals surface area (Å²) in [6, 6.07) is 2.26. The molecule has 2 aliphatic heterocycles.